The maximum absolute atomic E-state index is 3.57. The fourth-order valence-electron chi connectivity index (χ4n) is 2.09. The summed E-state index contributed by atoms with van der Waals surface area (Å²) in [5.74, 6) is 0. The first-order chi connectivity index (χ1) is 7.24. The normalized spacial score (nSPS) is 24.6. The Hall–Kier alpha value is -0.120. The molecule has 0 spiro atoms. The van der Waals surface area contributed by atoms with Crippen LogP contribution in [0.25, 0.3) is 0 Å². The molecular weight excluding hydrogens is 186 g/mol. The van der Waals surface area contributed by atoms with Gasteiger partial charge in [-0.1, -0.05) is 19.8 Å². The van der Waals surface area contributed by atoms with E-state index in [9.17, 15) is 0 Å². The minimum Gasteiger partial charge on any atom is -0.315 e. The quantitative estimate of drug-likeness (QED) is 0.664. The van der Waals surface area contributed by atoms with Crippen molar-refractivity contribution in [1.82, 2.24) is 15.1 Å². The molecule has 1 fully saturated rings. The number of nitrogens with one attached hydrogen (secondary N) is 1. The lowest BCUT2D eigenvalue weighted by Crippen LogP contribution is -2.53. The third-order valence-electron chi connectivity index (χ3n) is 3.32. The molecule has 3 nitrogen and oxygen atoms in total. The van der Waals surface area contributed by atoms with E-state index < -0.39 is 0 Å². The molecule has 0 saturated carbocycles. The molecule has 1 aliphatic rings. The molecular formula is C12H27N3. The molecule has 0 bridgehead atoms. The fourth-order valence-corrected chi connectivity index (χ4v) is 2.09. The van der Waals surface area contributed by atoms with E-state index in [2.05, 4.69) is 36.1 Å². The zero-order valence-corrected chi connectivity index (χ0v) is 10.6. The highest BCUT2D eigenvalue weighted by Crippen LogP contribution is 2.04. The van der Waals surface area contributed by atoms with Crippen LogP contribution in [0, 0.1) is 0 Å². The van der Waals surface area contributed by atoms with Crippen LogP contribution in [0.4, 0.5) is 0 Å². The standard InChI is InChI=1S/C12H27N3/c1-4-5-6-7-13-10-12-11-14(2)8-9-15(12)3/h12-13H,4-11H2,1-3H3. The largest absolute Gasteiger partial charge is 0.315 e. The Kier molecular flexibility index (Phi) is 6.22. The zero-order chi connectivity index (χ0) is 11.1. The number of rotatable bonds is 6. The van der Waals surface area contributed by atoms with Gasteiger partial charge in [0.15, 0.2) is 0 Å². The Balaban J connectivity index is 2.08. The molecule has 15 heavy (non-hydrogen) atoms. The van der Waals surface area contributed by atoms with Crippen molar-refractivity contribution in [1.29, 1.82) is 0 Å². The first-order valence-electron chi connectivity index (χ1n) is 6.33. The second-order valence-electron chi connectivity index (χ2n) is 4.81. The molecule has 0 amide bonds. The van der Waals surface area contributed by atoms with Gasteiger partial charge < -0.3 is 10.2 Å². The minimum atomic E-state index is 0.699. The zero-order valence-electron chi connectivity index (χ0n) is 10.6. The molecule has 1 heterocycles. The number of unbranched alkanes of at least 4 members (excludes halogenated alkanes) is 2. The second kappa shape index (κ2) is 7.20. The Morgan fingerprint density at radius 1 is 1.20 bits per heavy atom. The van der Waals surface area contributed by atoms with Crippen LogP contribution in [0.2, 0.25) is 0 Å². The van der Waals surface area contributed by atoms with E-state index in [-0.39, 0.29) is 0 Å². The van der Waals surface area contributed by atoms with E-state index in [4.69, 9.17) is 0 Å². The summed E-state index contributed by atoms with van der Waals surface area (Å²) in [6.07, 6.45) is 3.99. The van der Waals surface area contributed by atoms with E-state index in [1.807, 2.05) is 0 Å². The Labute approximate surface area is 94.8 Å². The van der Waals surface area contributed by atoms with E-state index >= 15 is 0 Å². The average molecular weight is 213 g/mol. The molecule has 0 aromatic carbocycles. The molecule has 1 atom stereocenters. The molecule has 1 unspecified atom stereocenters. The first kappa shape index (κ1) is 12.9. The highest BCUT2D eigenvalue weighted by Gasteiger charge is 2.21. The van der Waals surface area contributed by atoms with E-state index in [0.717, 1.165) is 6.54 Å². The van der Waals surface area contributed by atoms with Gasteiger partial charge in [0, 0.05) is 32.2 Å². The van der Waals surface area contributed by atoms with Gasteiger partial charge in [-0.05, 0) is 27.1 Å². The number of likely N-dealkylation sites (N-methyl/N-ethyl adjacent to an activating group) is 2. The molecule has 1 N–H and O–H groups in total. The lowest BCUT2D eigenvalue weighted by Gasteiger charge is -2.37. The van der Waals surface area contributed by atoms with Crippen LogP contribution in [0.3, 0.4) is 0 Å². The summed E-state index contributed by atoms with van der Waals surface area (Å²) in [6, 6.07) is 0.699. The van der Waals surface area contributed by atoms with Crippen molar-refractivity contribution in [3.8, 4) is 0 Å². The topological polar surface area (TPSA) is 18.5 Å². The van der Waals surface area contributed by atoms with Gasteiger partial charge >= 0.3 is 0 Å². The smallest absolute Gasteiger partial charge is 0.0345 e. The third kappa shape index (κ3) is 4.96. The maximum Gasteiger partial charge on any atom is 0.0345 e. The number of hydrogen-bond donors (Lipinski definition) is 1. The van der Waals surface area contributed by atoms with Crippen molar-refractivity contribution in [2.75, 3.05) is 46.8 Å². The average Bonchev–Trinajstić information content (AvgIpc) is 2.23. The molecule has 1 saturated heterocycles. The lowest BCUT2D eigenvalue weighted by atomic mass is 10.2. The van der Waals surface area contributed by atoms with Crippen LogP contribution >= 0.6 is 0 Å². The van der Waals surface area contributed by atoms with Crippen LogP contribution in [-0.2, 0) is 0 Å². The molecule has 0 aromatic rings. The first-order valence-corrected chi connectivity index (χ1v) is 6.33. The Morgan fingerprint density at radius 2 is 2.00 bits per heavy atom. The van der Waals surface area contributed by atoms with Crippen LogP contribution in [0.1, 0.15) is 26.2 Å². The van der Waals surface area contributed by atoms with Crippen molar-refractivity contribution in [2.45, 2.75) is 32.2 Å². The molecule has 1 rings (SSSR count). The molecule has 0 aromatic heterocycles. The summed E-state index contributed by atoms with van der Waals surface area (Å²) in [5.41, 5.74) is 0. The fraction of sp³-hybridized carbons (Fsp3) is 1.00. The van der Waals surface area contributed by atoms with Crippen molar-refractivity contribution in [3.05, 3.63) is 0 Å². The predicted molar refractivity (Wildman–Crippen MR) is 66.3 cm³/mol. The van der Waals surface area contributed by atoms with Gasteiger partial charge in [-0.3, -0.25) is 4.90 Å². The van der Waals surface area contributed by atoms with Gasteiger partial charge in [-0.2, -0.15) is 0 Å². The summed E-state index contributed by atoms with van der Waals surface area (Å²) in [4.78, 5) is 4.91. The third-order valence-corrected chi connectivity index (χ3v) is 3.32. The Bertz CT molecular complexity index is 161. The number of piperazine rings is 1. The van der Waals surface area contributed by atoms with Gasteiger partial charge in [-0.15, -0.1) is 0 Å². The summed E-state index contributed by atoms with van der Waals surface area (Å²) in [7, 11) is 4.46. The number of nitrogens with zero attached hydrogens (tertiary/aromatic N) is 2. The maximum atomic E-state index is 3.57. The molecule has 90 valence electrons. The van der Waals surface area contributed by atoms with Gasteiger partial charge in [-0.25, -0.2) is 0 Å². The highest BCUT2D eigenvalue weighted by molar-refractivity contribution is 4.79. The summed E-state index contributed by atoms with van der Waals surface area (Å²) >= 11 is 0. The monoisotopic (exact) mass is 213 g/mol. The summed E-state index contributed by atoms with van der Waals surface area (Å²) < 4.78 is 0. The van der Waals surface area contributed by atoms with Crippen LogP contribution < -0.4 is 5.32 Å². The number of hydrogen-bond acceptors (Lipinski definition) is 3. The molecule has 3 heteroatoms. The van der Waals surface area contributed by atoms with E-state index in [1.165, 1.54) is 45.4 Å². The van der Waals surface area contributed by atoms with Gasteiger partial charge in [0.05, 0.1) is 0 Å². The van der Waals surface area contributed by atoms with Gasteiger partial charge in [0.2, 0.25) is 0 Å². The van der Waals surface area contributed by atoms with Crippen LogP contribution in [-0.4, -0.2) is 62.7 Å². The van der Waals surface area contributed by atoms with Crippen molar-refractivity contribution in [2.24, 2.45) is 0 Å². The van der Waals surface area contributed by atoms with Gasteiger partial charge in [0.1, 0.15) is 0 Å². The molecule has 0 aliphatic carbocycles. The van der Waals surface area contributed by atoms with E-state index in [0.29, 0.717) is 6.04 Å². The van der Waals surface area contributed by atoms with Crippen LogP contribution in [0.15, 0.2) is 0 Å². The molecule has 0 radical (unpaired) electrons. The van der Waals surface area contributed by atoms with E-state index in [1.54, 1.807) is 0 Å². The van der Waals surface area contributed by atoms with Crippen LogP contribution in [0.5, 0.6) is 0 Å². The summed E-state index contributed by atoms with van der Waals surface area (Å²) in [5, 5.41) is 3.57. The molecule has 1 aliphatic heterocycles. The lowest BCUT2D eigenvalue weighted by molar-refractivity contribution is 0.113. The Morgan fingerprint density at radius 3 is 2.73 bits per heavy atom. The van der Waals surface area contributed by atoms with Crippen molar-refractivity contribution < 1.29 is 0 Å². The highest BCUT2D eigenvalue weighted by atomic mass is 15.3. The van der Waals surface area contributed by atoms with Gasteiger partial charge in [0.25, 0.3) is 0 Å². The van der Waals surface area contributed by atoms with Crippen molar-refractivity contribution in [3.63, 3.8) is 0 Å². The SMILES string of the molecule is CCCCCNCC1CN(C)CCN1C. The minimum absolute atomic E-state index is 0.699. The second-order valence-corrected chi connectivity index (χ2v) is 4.81. The predicted octanol–water partition coefficient (Wildman–Crippen LogP) is 1.01. The summed E-state index contributed by atoms with van der Waals surface area (Å²) in [6.45, 7) is 8.20. The van der Waals surface area contributed by atoms with Crippen molar-refractivity contribution >= 4 is 0 Å².